The molecule has 0 aliphatic carbocycles. The molecule has 30 heavy (non-hydrogen) atoms. The number of hydrogen-bond acceptors (Lipinski definition) is 6. The van der Waals surface area contributed by atoms with Gasteiger partial charge in [-0.2, -0.15) is 0 Å². The minimum atomic E-state index is -1.36. The number of aliphatic hydroxyl groups excluding tert-OH is 1. The van der Waals surface area contributed by atoms with Crippen LogP contribution in [-0.4, -0.2) is 65.2 Å². The van der Waals surface area contributed by atoms with Gasteiger partial charge in [-0.15, -0.1) is 0 Å². The third-order valence-electron chi connectivity index (χ3n) is 4.22. The standard InChI is InChI=1S/C20H30N4O6/c1-12(2)8-14(21)18(27)22-10-17(26)23-16(11-25)19(28)24-15(20(29)30)9-13-6-4-3-5-7-13/h3-7,12,14-16,25H,8-11,21H2,1-2H3,(H,22,27)(H,23,26)(H,24,28)(H,29,30). The molecule has 10 heteroatoms. The molecule has 0 radical (unpaired) electrons. The number of nitrogens with two attached hydrogens (primary N) is 1. The zero-order chi connectivity index (χ0) is 22.7. The van der Waals surface area contributed by atoms with Crippen molar-refractivity contribution in [1.82, 2.24) is 16.0 Å². The number of carboxylic acid groups (broad SMARTS) is 1. The number of carboxylic acids is 1. The van der Waals surface area contributed by atoms with E-state index in [4.69, 9.17) is 5.73 Å². The molecule has 0 aliphatic rings. The number of hydrogen-bond donors (Lipinski definition) is 6. The Bertz CT molecular complexity index is 725. The Morgan fingerprint density at radius 2 is 1.63 bits per heavy atom. The molecule has 0 aromatic heterocycles. The smallest absolute Gasteiger partial charge is 0.326 e. The van der Waals surface area contributed by atoms with Crippen molar-refractivity contribution in [1.29, 1.82) is 0 Å². The highest BCUT2D eigenvalue weighted by Gasteiger charge is 2.26. The lowest BCUT2D eigenvalue weighted by atomic mass is 10.0. The van der Waals surface area contributed by atoms with Gasteiger partial charge < -0.3 is 31.9 Å². The van der Waals surface area contributed by atoms with E-state index in [0.29, 0.717) is 12.0 Å². The highest BCUT2D eigenvalue weighted by Crippen LogP contribution is 2.04. The van der Waals surface area contributed by atoms with Crippen LogP contribution in [0.5, 0.6) is 0 Å². The van der Waals surface area contributed by atoms with Crippen molar-refractivity contribution in [2.75, 3.05) is 13.2 Å². The molecular formula is C20H30N4O6. The fourth-order valence-electron chi connectivity index (χ4n) is 2.68. The van der Waals surface area contributed by atoms with Gasteiger partial charge in [0.25, 0.3) is 0 Å². The SMILES string of the molecule is CC(C)CC(N)C(=O)NCC(=O)NC(CO)C(=O)NC(Cc1ccccc1)C(=O)O. The van der Waals surface area contributed by atoms with E-state index in [2.05, 4.69) is 16.0 Å². The lowest BCUT2D eigenvalue weighted by Crippen LogP contribution is -2.55. The van der Waals surface area contributed by atoms with Gasteiger partial charge in [0.05, 0.1) is 19.2 Å². The van der Waals surface area contributed by atoms with E-state index in [1.807, 2.05) is 13.8 Å². The van der Waals surface area contributed by atoms with E-state index < -0.39 is 55.0 Å². The Morgan fingerprint density at radius 1 is 1.00 bits per heavy atom. The van der Waals surface area contributed by atoms with Gasteiger partial charge >= 0.3 is 5.97 Å². The molecule has 0 heterocycles. The van der Waals surface area contributed by atoms with Crippen molar-refractivity contribution in [2.45, 2.75) is 44.8 Å². The molecule has 166 valence electrons. The summed E-state index contributed by atoms with van der Waals surface area (Å²) in [6, 6.07) is 5.35. The summed E-state index contributed by atoms with van der Waals surface area (Å²) < 4.78 is 0. The summed E-state index contributed by atoms with van der Waals surface area (Å²) in [5, 5.41) is 25.7. The molecule has 0 spiro atoms. The average molecular weight is 422 g/mol. The van der Waals surface area contributed by atoms with E-state index in [1.54, 1.807) is 30.3 Å². The fraction of sp³-hybridized carbons (Fsp3) is 0.500. The molecule has 0 aliphatic heterocycles. The van der Waals surface area contributed by atoms with Crippen molar-refractivity contribution >= 4 is 23.7 Å². The molecule has 0 bridgehead atoms. The maximum absolute atomic E-state index is 12.3. The first-order valence-corrected chi connectivity index (χ1v) is 9.64. The van der Waals surface area contributed by atoms with Crippen LogP contribution in [-0.2, 0) is 25.6 Å². The Morgan fingerprint density at radius 3 is 2.17 bits per heavy atom. The van der Waals surface area contributed by atoms with Gasteiger partial charge in [-0.3, -0.25) is 14.4 Å². The molecule has 1 aromatic rings. The minimum Gasteiger partial charge on any atom is -0.480 e. The molecule has 1 aromatic carbocycles. The summed E-state index contributed by atoms with van der Waals surface area (Å²) >= 11 is 0. The minimum absolute atomic E-state index is 0.0395. The Labute approximate surface area is 175 Å². The van der Waals surface area contributed by atoms with Crippen LogP contribution in [0.2, 0.25) is 0 Å². The first-order valence-electron chi connectivity index (χ1n) is 9.64. The van der Waals surface area contributed by atoms with Crippen molar-refractivity contribution < 1.29 is 29.4 Å². The quantitative estimate of drug-likeness (QED) is 0.245. The van der Waals surface area contributed by atoms with Crippen LogP contribution in [0.1, 0.15) is 25.8 Å². The number of rotatable bonds is 12. The van der Waals surface area contributed by atoms with Crippen LogP contribution in [0.3, 0.4) is 0 Å². The zero-order valence-electron chi connectivity index (χ0n) is 17.1. The molecule has 3 unspecified atom stereocenters. The maximum atomic E-state index is 12.3. The van der Waals surface area contributed by atoms with Gasteiger partial charge in [0.15, 0.2) is 0 Å². The van der Waals surface area contributed by atoms with E-state index in [0.717, 1.165) is 0 Å². The third-order valence-corrected chi connectivity index (χ3v) is 4.22. The molecule has 1 rings (SSSR count). The Kier molecular flexibility index (Phi) is 10.5. The largest absolute Gasteiger partial charge is 0.480 e. The normalized spacial score (nSPS) is 13.8. The second kappa shape index (κ2) is 12.6. The predicted octanol–water partition coefficient (Wildman–Crippen LogP) is -1.23. The summed E-state index contributed by atoms with van der Waals surface area (Å²) in [5.74, 6) is -3.11. The second-order valence-electron chi connectivity index (χ2n) is 7.35. The van der Waals surface area contributed by atoms with Crippen molar-refractivity contribution in [3.05, 3.63) is 35.9 Å². The van der Waals surface area contributed by atoms with Gasteiger partial charge in [-0.1, -0.05) is 44.2 Å². The van der Waals surface area contributed by atoms with Crippen molar-refractivity contribution in [3.63, 3.8) is 0 Å². The highest BCUT2D eigenvalue weighted by molar-refractivity contribution is 5.92. The van der Waals surface area contributed by atoms with E-state index >= 15 is 0 Å². The van der Waals surface area contributed by atoms with Crippen LogP contribution in [0.4, 0.5) is 0 Å². The summed E-state index contributed by atoms with van der Waals surface area (Å²) in [5.41, 5.74) is 6.43. The number of aliphatic hydroxyl groups is 1. The first kappa shape index (κ1) is 25.1. The van der Waals surface area contributed by atoms with Gasteiger partial charge in [-0.25, -0.2) is 4.79 Å². The average Bonchev–Trinajstić information content (AvgIpc) is 2.69. The molecular weight excluding hydrogens is 392 g/mol. The zero-order valence-corrected chi connectivity index (χ0v) is 17.1. The number of benzene rings is 1. The van der Waals surface area contributed by atoms with Crippen molar-refractivity contribution in [2.24, 2.45) is 11.7 Å². The molecule has 3 amide bonds. The van der Waals surface area contributed by atoms with Gasteiger partial charge in [0.1, 0.15) is 12.1 Å². The molecule has 0 saturated heterocycles. The molecule has 0 saturated carbocycles. The first-order chi connectivity index (χ1) is 14.1. The van der Waals surface area contributed by atoms with E-state index in [-0.39, 0.29) is 12.3 Å². The molecule has 0 fully saturated rings. The van der Waals surface area contributed by atoms with Crippen LogP contribution in [0.25, 0.3) is 0 Å². The van der Waals surface area contributed by atoms with Gasteiger partial charge in [-0.05, 0) is 17.9 Å². The highest BCUT2D eigenvalue weighted by atomic mass is 16.4. The summed E-state index contributed by atoms with van der Waals surface area (Å²) in [6.45, 7) is 2.65. The van der Waals surface area contributed by atoms with Gasteiger partial charge in [0.2, 0.25) is 17.7 Å². The lowest BCUT2D eigenvalue weighted by molar-refractivity contribution is -0.142. The third kappa shape index (κ3) is 9.01. The molecule has 7 N–H and O–H groups in total. The van der Waals surface area contributed by atoms with E-state index in [1.165, 1.54) is 0 Å². The number of carbonyl (C=O) groups is 4. The summed E-state index contributed by atoms with van der Waals surface area (Å²) in [7, 11) is 0. The fourth-order valence-corrected chi connectivity index (χ4v) is 2.68. The van der Waals surface area contributed by atoms with Crippen LogP contribution >= 0.6 is 0 Å². The molecule has 3 atom stereocenters. The predicted molar refractivity (Wildman–Crippen MR) is 109 cm³/mol. The number of amides is 3. The van der Waals surface area contributed by atoms with Crippen LogP contribution < -0.4 is 21.7 Å². The van der Waals surface area contributed by atoms with Crippen LogP contribution in [0, 0.1) is 5.92 Å². The summed E-state index contributed by atoms with van der Waals surface area (Å²) in [6.07, 6.45) is 0.491. The maximum Gasteiger partial charge on any atom is 0.326 e. The Hall–Kier alpha value is -2.98. The number of carbonyl (C=O) groups excluding carboxylic acids is 3. The van der Waals surface area contributed by atoms with E-state index in [9.17, 15) is 29.4 Å². The number of aliphatic carboxylic acids is 1. The monoisotopic (exact) mass is 422 g/mol. The lowest BCUT2D eigenvalue weighted by Gasteiger charge is -2.20. The number of nitrogens with one attached hydrogen (secondary N) is 3. The summed E-state index contributed by atoms with van der Waals surface area (Å²) in [4.78, 5) is 47.7. The molecule has 10 nitrogen and oxygen atoms in total. The van der Waals surface area contributed by atoms with Crippen LogP contribution in [0.15, 0.2) is 30.3 Å². The second-order valence-corrected chi connectivity index (χ2v) is 7.35. The topological polar surface area (TPSA) is 171 Å². The Balaban J connectivity index is 2.58. The van der Waals surface area contributed by atoms with Crippen molar-refractivity contribution in [3.8, 4) is 0 Å². The van der Waals surface area contributed by atoms with Gasteiger partial charge in [0, 0.05) is 6.42 Å².